The minimum absolute atomic E-state index is 0.129. The molecule has 1 aliphatic heterocycles. The molecular formula is C54H92ClN3O3. The van der Waals surface area contributed by atoms with Gasteiger partial charge in [-0.1, -0.05) is 262 Å². The highest BCUT2D eigenvalue weighted by Crippen LogP contribution is 2.42. The Morgan fingerprint density at radius 3 is 1.07 bits per heavy atom. The van der Waals surface area contributed by atoms with Gasteiger partial charge in [0.15, 0.2) is 0 Å². The van der Waals surface area contributed by atoms with Crippen LogP contribution in [0.25, 0.3) is 0 Å². The van der Waals surface area contributed by atoms with Crippen LogP contribution in [-0.2, 0) is 4.79 Å². The highest BCUT2D eigenvalue weighted by Gasteiger charge is 2.56. The molecular weight excluding hydrogens is 774 g/mol. The van der Waals surface area contributed by atoms with Crippen molar-refractivity contribution in [2.75, 3.05) is 18.1 Å². The van der Waals surface area contributed by atoms with Crippen LogP contribution >= 0.6 is 11.6 Å². The predicted octanol–water partition coefficient (Wildman–Crippen LogP) is 17.0. The summed E-state index contributed by atoms with van der Waals surface area (Å²) < 4.78 is 0. The fourth-order valence-electron chi connectivity index (χ4n) is 10.3. The van der Waals surface area contributed by atoms with E-state index in [4.69, 9.17) is 11.6 Å². The maximum absolute atomic E-state index is 14.7. The number of aliphatic hydroxyl groups is 1. The number of imide groups is 1. The van der Waals surface area contributed by atoms with Crippen LogP contribution in [0.3, 0.4) is 0 Å². The minimum atomic E-state index is -0.974. The van der Waals surface area contributed by atoms with Gasteiger partial charge in [-0.3, -0.25) is 4.79 Å². The zero-order valence-electron chi connectivity index (χ0n) is 39.5. The lowest BCUT2D eigenvalue weighted by molar-refractivity contribution is -0.126. The van der Waals surface area contributed by atoms with Crippen molar-refractivity contribution in [2.45, 2.75) is 276 Å². The molecule has 1 N–H and O–H groups in total. The molecule has 1 aromatic rings. The molecule has 61 heavy (non-hydrogen) atoms. The van der Waals surface area contributed by atoms with Crippen molar-refractivity contribution in [3.63, 3.8) is 0 Å². The van der Waals surface area contributed by atoms with Crippen molar-refractivity contribution in [1.29, 1.82) is 5.26 Å². The monoisotopic (exact) mass is 866 g/mol. The Hall–Kier alpha value is -2.10. The second kappa shape index (κ2) is 34.3. The van der Waals surface area contributed by atoms with Gasteiger partial charge >= 0.3 is 6.03 Å². The Morgan fingerprint density at radius 2 is 0.803 bits per heavy atom. The van der Waals surface area contributed by atoms with E-state index in [0.717, 1.165) is 38.5 Å². The molecule has 1 aromatic carbocycles. The maximum Gasteiger partial charge on any atom is 0.332 e. The van der Waals surface area contributed by atoms with Gasteiger partial charge in [0.05, 0.1) is 22.9 Å². The third-order valence-corrected chi connectivity index (χ3v) is 14.8. The van der Waals surface area contributed by atoms with Crippen molar-refractivity contribution in [1.82, 2.24) is 4.90 Å². The number of benzene rings is 1. The summed E-state index contributed by atoms with van der Waals surface area (Å²) in [5.41, 5.74) is 0.352. The number of amides is 3. The molecule has 1 aliphatic carbocycles. The van der Waals surface area contributed by atoms with E-state index in [1.165, 1.54) is 217 Å². The molecule has 1 saturated heterocycles. The van der Waals surface area contributed by atoms with Crippen LogP contribution in [-0.4, -0.2) is 40.6 Å². The van der Waals surface area contributed by atoms with Crippen molar-refractivity contribution < 1.29 is 14.7 Å². The fraction of sp³-hybridized carbons (Fsp3) is 0.833. The van der Waals surface area contributed by atoms with E-state index < -0.39 is 5.54 Å². The zero-order chi connectivity index (χ0) is 43.6. The van der Waals surface area contributed by atoms with Crippen LogP contribution in [0.15, 0.2) is 12.1 Å². The Kier molecular flexibility index (Phi) is 30.0. The average Bonchev–Trinajstić information content (AvgIpc) is 3.45. The second-order valence-corrected chi connectivity index (χ2v) is 19.7. The maximum atomic E-state index is 14.7. The van der Waals surface area contributed by atoms with E-state index >= 15 is 0 Å². The molecule has 3 amide bonds. The second-order valence-electron chi connectivity index (χ2n) is 19.3. The number of β-amino-alcohol motifs (C(OH)–C–C–N with tert-alkyl or cyclic N) is 1. The average molecular weight is 867 g/mol. The first-order valence-electron chi connectivity index (χ1n) is 26.4. The highest BCUT2D eigenvalue weighted by atomic mass is 35.5. The summed E-state index contributed by atoms with van der Waals surface area (Å²) in [6, 6.07) is 5.00. The molecule has 0 aromatic heterocycles. The van der Waals surface area contributed by atoms with E-state index in [1.54, 1.807) is 24.0 Å². The molecule has 7 heteroatoms. The lowest BCUT2D eigenvalue weighted by Gasteiger charge is -2.35. The number of nitriles is 1. The minimum Gasteiger partial charge on any atom is -0.395 e. The molecule has 0 bridgehead atoms. The van der Waals surface area contributed by atoms with Crippen molar-refractivity contribution in [3.8, 4) is 6.07 Å². The topological polar surface area (TPSA) is 84.6 Å². The summed E-state index contributed by atoms with van der Waals surface area (Å²) in [5, 5.41) is 20.0. The van der Waals surface area contributed by atoms with Crippen LogP contribution in [0.1, 0.15) is 274 Å². The lowest BCUT2D eigenvalue weighted by Crippen LogP contribution is -2.50. The SMILES string of the molecule is Cc1c(N2C(=O)N(CCO)C3(CCCCCCCCCCCCCCCCCCCCCCCCCCCCCCCCCCCCCCCCC3)C2=O)ccc(C#N)c1Cl. The molecule has 3 rings (SSSR count). The van der Waals surface area contributed by atoms with Gasteiger partial charge in [-0.25, -0.2) is 9.69 Å². The fourth-order valence-corrected chi connectivity index (χ4v) is 10.5. The molecule has 1 spiro atoms. The van der Waals surface area contributed by atoms with Gasteiger partial charge in [0, 0.05) is 6.54 Å². The summed E-state index contributed by atoms with van der Waals surface area (Å²) in [4.78, 5) is 31.8. The number of carbonyl (C=O) groups is 2. The van der Waals surface area contributed by atoms with Crippen molar-refractivity contribution in [2.24, 2.45) is 0 Å². The first-order valence-corrected chi connectivity index (χ1v) is 26.8. The summed E-state index contributed by atoms with van der Waals surface area (Å²) in [7, 11) is 0. The number of aliphatic hydroxyl groups excluding tert-OH is 1. The molecule has 0 unspecified atom stereocenters. The third-order valence-electron chi connectivity index (χ3n) is 14.3. The summed E-state index contributed by atoms with van der Waals surface area (Å²) >= 11 is 6.56. The van der Waals surface area contributed by atoms with Gasteiger partial charge in [-0.05, 0) is 37.5 Å². The summed E-state index contributed by atoms with van der Waals surface area (Å²) in [5.74, 6) is -0.202. The quantitative estimate of drug-likeness (QED) is 0.307. The van der Waals surface area contributed by atoms with E-state index in [1.807, 2.05) is 0 Å². The number of nitrogens with zero attached hydrogens (tertiary/aromatic N) is 3. The number of rotatable bonds is 3. The number of anilines is 1. The number of halogens is 1. The third kappa shape index (κ3) is 20.5. The molecule has 0 atom stereocenters. The molecule has 6 nitrogen and oxygen atoms in total. The standard InChI is InChI=1S/C54H92ClN3O3/c1-48-50(42-41-49(47-56)51(48)55)58-52(60)54(57(45-46-59)53(58)61)43-39-37-35-33-31-29-27-25-23-21-19-17-15-13-11-9-7-5-3-2-4-6-8-10-12-14-16-18-20-22-24-26-28-30-32-34-36-38-40-44-54/h41-42,59H,2-40,43-46H2,1H3. The zero-order valence-corrected chi connectivity index (χ0v) is 40.3. The number of hydrogen-bond donors (Lipinski definition) is 1. The van der Waals surface area contributed by atoms with Crippen LogP contribution < -0.4 is 4.90 Å². The Bertz CT molecular complexity index is 1300. The van der Waals surface area contributed by atoms with E-state index in [-0.39, 0.29) is 30.1 Å². The summed E-state index contributed by atoms with van der Waals surface area (Å²) in [6.07, 6.45) is 53.2. The van der Waals surface area contributed by atoms with Crippen LogP contribution in [0.4, 0.5) is 10.5 Å². The Morgan fingerprint density at radius 1 is 0.525 bits per heavy atom. The largest absolute Gasteiger partial charge is 0.395 e. The predicted molar refractivity (Wildman–Crippen MR) is 260 cm³/mol. The first-order chi connectivity index (χ1) is 30.0. The lowest BCUT2D eigenvalue weighted by atomic mass is 9.84. The first kappa shape index (κ1) is 53.2. The van der Waals surface area contributed by atoms with Crippen molar-refractivity contribution in [3.05, 3.63) is 28.3 Å². The molecule has 0 radical (unpaired) electrons. The van der Waals surface area contributed by atoms with Gasteiger partial charge in [0.2, 0.25) is 0 Å². The Balaban J connectivity index is 1.50. The number of carbonyl (C=O) groups excluding carboxylic acids is 2. The summed E-state index contributed by atoms with van der Waals surface area (Å²) in [6.45, 7) is 1.71. The van der Waals surface area contributed by atoms with E-state index in [9.17, 15) is 20.0 Å². The number of urea groups is 1. The smallest absolute Gasteiger partial charge is 0.332 e. The van der Waals surface area contributed by atoms with Gasteiger partial charge in [-0.2, -0.15) is 5.26 Å². The molecule has 348 valence electrons. The Labute approximate surface area is 380 Å². The van der Waals surface area contributed by atoms with Gasteiger partial charge in [0.1, 0.15) is 11.6 Å². The van der Waals surface area contributed by atoms with E-state index in [0.29, 0.717) is 29.7 Å². The van der Waals surface area contributed by atoms with Crippen molar-refractivity contribution >= 4 is 29.2 Å². The molecule has 2 fully saturated rings. The molecule has 1 saturated carbocycles. The van der Waals surface area contributed by atoms with Gasteiger partial charge in [0.25, 0.3) is 5.91 Å². The van der Waals surface area contributed by atoms with Gasteiger partial charge in [-0.15, -0.1) is 0 Å². The van der Waals surface area contributed by atoms with Crippen LogP contribution in [0.2, 0.25) is 5.02 Å². The highest BCUT2D eigenvalue weighted by molar-refractivity contribution is 6.33. The normalized spacial score (nSPS) is 22.2. The van der Waals surface area contributed by atoms with Crippen LogP contribution in [0, 0.1) is 18.3 Å². The molecule has 1 heterocycles. The van der Waals surface area contributed by atoms with E-state index in [2.05, 4.69) is 6.07 Å². The van der Waals surface area contributed by atoms with Gasteiger partial charge < -0.3 is 10.0 Å². The number of hydrogen-bond acceptors (Lipinski definition) is 4. The molecule has 2 aliphatic rings. The van der Waals surface area contributed by atoms with Crippen LogP contribution in [0.5, 0.6) is 0 Å².